The van der Waals surface area contributed by atoms with Gasteiger partial charge in [-0.2, -0.15) is 22.0 Å². The van der Waals surface area contributed by atoms with Crippen LogP contribution in [0.1, 0.15) is 23.2 Å². The zero-order chi connectivity index (χ0) is 19.4. The van der Waals surface area contributed by atoms with Crippen molar-refractivity contribution < 1.29 is 26.7 Å². The van der Waals surface area contributed by atoms with Gasteiger partial charge in [0.25, 0.3) is 0 Å². The molecule has 0 fully saturated rings. The van der Waals surface area contributed by atoms with Crippen LogP contribution in [0.5, 0.6) is 0 Å². The molecule has 1 spiro atoms. The number of aromatic nitrogens is 1. The van der Waals surface area contributed by atoms with Crippen molar-refractivity contribution in [2.45, 2.75) is 31.7 Å². The molecule has 4 rings (SSSR count). The molecule has 142 valence electrons. The number of rotatable bonds is 2. The molecule has 0 saturated carbocycles. The van der Waals surface area contributed by atoms with Crippen molar-refractivity contribution in [1.82, 2.24) is 9.88 Å². The minimum atomic E-state index is -4.69. The van der Waals surface area contributed by atoms with Crippen LogP contribution >= 0.6 is 0 Å². The second-order valence-electron chi connectivity index (χ2n) is 6.53. The van der Waals surface area contributed by atoms with Crippen LogP contribution in [-0.4, -0.2) is 35.1 Å². The summed E-state index contributed by atoms with van der Waals surface area (Å²) in [5.74, 6) is -0.613. The Kier molecular flexibility index (Phi) is 3.87. The summed E-state index contributed by atoms with van der Waals surface area (Å²) in [5, 5.41) is 0. The van der Waals surface area contributed by atoms with Crippen LogP contribution in [0.4, 0.5) is 22.0 Å². The van der Waals surface area contributed by atoms with E-state index in [0.29, 0.717) is 12.5 Å². The van der Waals surface area contributed by atoms with Gasteiger partial charge in [-0.25, -0.2) is 0 Å². The van der Waals surface area contributed by atoms with E-state index in [2.05, 4.69) is 14.7 Å². The van der Waals surface area contributed by atoms with Gasteiger partial charge in [0.1, 0.15) is 5.54 Å². The van der Waals surface area contributed by atoms with Crippen LogP contribution in [0, 0.1) is 6.92 Å². The number of ether oxygens (including phenoxy) is 1. The maximum absolute atomic E-state index is 13.2. The van der Waals surface area contributed by atoms with E-state index in [0.717, 1.165) is 23.0 Å². The van der Waals surface area contributed by atoms with Crippen LogP contribution in [0.25, 0.3) is 6.08 Å². The first-order valence-corrected chi connectivity index (χ1v) is 8.15. The summed E-state index contributed by atoms with van der Waals surface area (Å²) in [7, 11) is 0. The van der Waals surface area contributed by atoms with Crippen LogP contribution in [0.15, 0.2) is 46.9 Å². The SMILES string of the molecule is Cc1nccc2c1C=CCC21CN2C=C(C(F)(F)F)C=C(OC(F)F)C2=N1. The van der Waals surface area contributed by atoms with Gasteiger partial charge in [-0.1, -0.05) is 12.2 Å². The quantitative estimate of drug-likeness (QED) is 0.715. The molecule has 2 aliphatic heterocycles. The molecule has 3 aliphatic rings. The highest BCUT2D eigenvalue weighted by molar-refractivity contribution is 6.00. The molecule has 4 nitrogen and oxygen atoms in total. The molecule has 0 bridgehead atoms. The second kappa shape index (κ2) is 5.90. The highest BCUT2D eigenvalue weighted by Gasteiger charge is 2.47. The van der Waals surface area contributed by atoms with Crippen LogP contribution in [0.2, 0.25) is 0 Å². The van der Waals surface area contributed by atoms with E-state index >= 15 is 0 Å². The van der Waals surface area contributed by atoms with E-state index < -0.39 is 29.7 Å². The maximum Gasteiger partial charge on any atom is 0.417 e. The normalized spacial score (nSPS) is 23.8. The summed E-state index contributed by atoms with van der Waals surface area (Å²) in [6, 6.07) is 1.76. The number of alkyl halides is 5. The summed E-state index contributed by atoms with van der Waals surface area (Å²) < 4.78 is 69.5. The predicted molar refractivity (Wildman–Crippen MR) is 87.8 cm³/mol. The Balaban J connectivity index is 1.82. The number of allylic oxidation sites excluding steroid dienone is 2. The van der Waals surface area contributed by atoms with Crippen LogP contribution < -0.4 is 0 Å². The van der Waals surface area contributed by atoms with Gasteiger partial charge in [0.05, 0.1) is 12.1 Å². The molecular weight excluding hydrogens is 369 g/mol. The smallest absolute Gasteiger partial charge is 0.417 e. The topological polar surface area (TPSA) is 37.7 Å². The molecular formula is C18H14F5N3O. The Morgan fingerprint density at radius 3 is 2.78 bits per heavy atom. The monoisotopic (exact) mass is 383 g/mol. The minimum absolute atomic E-state index is 0.0287. The van der Waals surface area contributed by atoms with Crippen molar-refractivity contribution >= 4 is 11.9 Å². The number of nitrogens with zero attached hydrogens (tertiary/aromatic N) is 3. The van der Waals surface area contributed by atoms with E-state index in [1.807, 2.05) is 19.1 Å². The van der Waals surface area contributed by atoms with Crippen molar-refractivity contribution in [2.75, 3.05) is 6.54 Å². The fourth-order valence-corrected chi connectivity index (χ4v) is 3.64. The predicted octanol–water partition coefficient (Wildman–Crippen LogP) is 4.30. The lowest BCUT2D eigenvalue weighted by Gasteiger charge is -2.31. The Labute approximate surface area is 151 Å². The largest absolute Gasteiger partial charge is 0.431 e. The van der Waals surface area contributed by atoms with Gasteiger partial charge in [0.15, 0.2) is 11.6 Å². The molecule has 1 aliphatic carbocycles. The number of halogens is 5. The number of pyridine rings is 1. The molecule has 1 atom stereocenters. The van der Waals surface area contributed by atoms with Gasteiger partial charge in [-0.15, -0.1) is 0 Å². The highest BCUT2D eigenvalue weighted by Crippen LogP contribution is 2.44. The lowest BCUT2D eigenvalue weighted by Crippen LogP contribution is -2.35. The molecule has 1 unspecified atom stereocenters. The standard InChI is InChI=1S/C18H14F5N3O/c1-10-12-3-2-5-17(13(12)4-6-24-10)9-26-8-11(18(21,22)23)7-14(15(26)25-17)27-16(19)20/h2-4,6-8,16H,5,9H2,1H3. The lowest BCUT2D eigenvalue weighted by molar-refractivity contribution is -0.0981. The molecule has 3 heterocycles. The average molecular weight is 383 g/mol. The van der Waals surface area contributed by atoms with Gasteiger partial charge in [0.2, 0.25) is 0 Å². The summed E-state index contributed by atoms with van der Waals surface area (Å²) in [6.45, 7) is -1.34. The Hall–Kier alpha value is -2.71. The van der Waals surface area contributed by atoms with Gasteiger partial charge >= 0.3 is 12.8 Å². The Morgan fingerprint density at radius 1 is 1.30 bits per heavy atom. The van der Waals surface area contributed by atoms with Gasteiger partial charge < -0.3 is 9.64 Å². The third-order valence-corrected chi connectivity index (χ3v) is 4.80. The lowest BCUT2D eigenvalue weighted by atomic mass is 9.80. The Morgan fingerprint density at radius 2 is 2.07 bits per heavy atom. The maximum atomic E-state index is 13.2. The molecule has 0 amide bonds. The zero-order valence-corrected chi connectivity index (χ0v) is 14.1. The van der Waals surface area contributed by atoms with Crippen molar-refractivity contribution in [3.8, 4) is 0 Å². The molecule has 0 aromatic carbocycles. The fraction of sp³-hybridized carbons (Fsp3) is 0.333. The van der Waals surface area contributed by atoms with Crippen molar-refractivity contribution in [3.63, 3.8) is 0 Å². The van der Waals surface area contributed by atoms with E-state index in [4.69, 9.17) is 0 Å². The molecule has 9 heteroatoms. The number of amidine groups is 1. The molecule has 27 heavy (non-hydrogen) atoms. The first kappa shape index (κ1) is 17.7. The van der Waals surface area contributed by atoms with E-state index in [1.54, 1.807) is 12.3 Å². The van der Waals surface area contributed by atoms with Crippen molar-refractivity contribution in [3.05, 3.63) is 58.8 Å². The third kappa shape index (κ3) is 2.90. The van der Waals surface area contributed by atoms with Gasteiger partial charge in [0, 0.05) is 23.7 Å². The van der Waals surface area contributed by atoms with Crippen molar-refractivity contribution in [2.24, 2.45) is 4.99 Å². The number of hydrogen-bond acceptors (Lipinski definition) is 4. The summed E-state index contributed by atoms with van der Waals surface area (Å²) in [4.78, 5) is 10.0. The molecule has 0 saturated heterocycles. The first-order valence-electron chi connectivity index (χ1n) is 8.15. The minimum Gasteiger partial charge on any atom is -0.431 e. The summed E-state index contributed by atoms with van der Waals surface area (Å²) in [5.41, 5.74) is 0.464. The van der Waals surface area contributed by atoms with E-state index in [1.165, 1.54) is 4.90 Å². The molecule has 0 N–H and O–H groups in total. The Bertz CT molecular complexity index is 916. The first-order chi connectivity index (χ1) is 12.7. The summed E-state index contributed by atoms with van der Waals surface area (Å²) >= 11 is 0. The fourth-order valence-electron chi connectivity index (χ4n) is 3.64. The highest BCUT2D eigenvalue weighted by atomic mass is 19.4. The number of aliphatic imine (C=N–C) groups is 1. The number of aryl methyl sites for hydroxylation is 1. The van der Waals surface area contributed by atoms with Gasteiger partial charge in [-0.3, -0.25) is 9.98 Å². The third-order valence-electron chi connectivity index (χ3n) is 4.80. The molecule has 1 aromatic rings. The summed E-state index contributed by atoms with van der Waals surface area (Å²) in [6.07, 6.45) is 2.56. The number of fused-ring (bicyclic) bond motifs is 3. The van der Waals surface area contributed by atoms with Crippen molar-refractivity contribution in [1.29, 1.82) is 0 Å². The van der Waals surface area contributed by atoms with Crippen LogP contribution in [0.3, 0.4) is 0 Å². The number of hydrogen-bond donors (Lipinski definition) is 0. The van der Waals surface area contributed by atoms with Gasteiger partial charge in [-0.05, 0) is 31.1 Å². The average Bonchev–Trinajstić information content (AvgIpc) is 2.94. The molecule has 1 aromatic heterocycles. The van der Waals surface area contributed by atoms with E-state index in [-0.39, 0.29) is 12.4 Å². The molecule has 0 radical (unpaired) electrons. The second-order valence-corrected chi connectivity index (χ2v) is 6.53. The van der Waals surface area contributed by atoms with Crippen LogP contribution in [-0.2, 0) is 10.3 Å². The van der Waals surface area contributed by atoms with E-state index in [9.17, 15) is 22.0 Å². The zero-order valence-electron chi connectivity index (χ0n) is 14.1.